The molecule has 6 atom stereocenters. The maximum absolute atomic E-state index is 14.3. The summed E-state index contributed by atoms with van der Waals surface area (Å²) in [5.74, 6) is -0.919. The van der Waals surface area contributed by atoms with E-state index in [4.69, 9.17) is 66.6 Å². The molecular weight excluding hydrogens is 1700 g/mol. The summed E-state index contributed by atoms with van der Waals surface area (Å²) in [6, 6.07) is 10.0. The van der Waals surface area contributed by atoms with Gasteiger partial charge in [0.05, 0.1) is 173 Å². The summed E-state index contributed by atoms with van der Waals surface area (Å²) in [5, 5.41) is 22.7. The largest absolute Gasteiger partial charge is 0.493 e. The molecule has 5 N–H and O–H groups in total. The third-order valence-corrected chi connectivity index (χ3v) is 26.5. The molecule has 1 saturated carbocycles. The predicted molar refractivity (Wildman–Crippen MR) is 501 cm³/mol. The van der Waals surface area contributed by atoms with Crippen LogP contribution in [-0.2, 0) is 78.0 Å². The fraction of sp³-hybridized carbons (Fsp3) is 0.673. The molecular formula is C98H147N9O23S. The van der Waals surface area contributed by atoms with Crippen molar-refractivity contribution in [2.24, 2.45) is 16.8 Å². The molecule has 5 aliphatic heterocycles. The summed E-state index contributed by atoms with van der Waals surface area (Å²) in [7, 11) is 2.99. The number of rotatable bonds is 58. The number of anilines is 2. The number of ether oxygens (including phenoxy) is 13. The lowest BCUT2D eigenvalue weighted by atomic mass is 9.83. The topological polar surface area (TPSA) is 367 Å². The van der Waals surface area contributed by atoms with Gasteiger partial charge in [0.15, 0.2) is 29.2 Å². The second-order valence-electron chi connectivity index (χ2n) is 34.8. The van der Waals surface area contributed by atoms with Crippen LogP contribution in [0.3, 0.4) is 0 Å². The third-order valence-electron chi connectivity index (χ3n) is 24.6. The Morgan fingerprint density at radius 1 is 0.573 bits per heavy atom. The van der Waals surface area contributed by atoms with Gasteiger partial charge in [0.1, 0.15) is 18.7 Å². The first-order valence-corrected chi connectivity index (χ1v) is 48.8. The minimum Gasteiger partial charge on any atom is -0.493 e. The number of fused-ring (bicyclic) bond motifs is 4. The number of thioether (sulfide) groups is 1. The smallest absolute Gasteiger partial charge is 0.416 e. The van der Waals surface area contributed by atoms with Crippen LogP contribution < -0.4 is 45.1 Å². The van der Waals surface area contributed by atoms with Crippen molar-refractivity contribution >= 4 is 88.4 Å². The van der Waals surface area contributed by atoms with Crippen LogP contribution in [0.1, 0.15) is 248 Å². The number of nitrogens with one attached hydrogen (secondary N) is 4. The van der Waals surface area contributed by atoms with Crippen LogP contribution >= 0.6 is 11.8 Å². The first-order valence-electron chi connectivity index (χ1n) is 47.9. The lowest BCUT2D eigenvalue weighted by Gasteiger charge is -2.36. The molecule has 33 heteroatoms. The highest BCUT2D eigenvalue weighted by Gasteiger charge is 2.47. The number of likely N-dealkylation sites (tertiary alicyclic amines) is 1. The summed E-state index contributed by atoms with van der Waals surface area (Å²) in [6.45, 7) is 19.7. The number of amides is 9. The van der Waals surface area contributed by atoms with Gasteiger partial charge >= 0.3 is 6.09 Å². The van der Waals surface area contributed by atoms with Gasteiger partial charge in [-0.2, -0.15) is 0 Å². The highest BCUT2D eigenvalue weighted by atomic mass is 32.2. The van der Waals surface area contributed by atoms with E-state index in [0.717, 1.165) is 61.8 Å². The summed E-state index contributed by atoms with van der Waals surface area (Å²) in [5.41, 5.74) is 4.11. The number of imide groups is 1. The van der Waals surface area contributed by atoms with E-state index in [0.29, 0.717) is 165 Å². The Labute approximate surface area is 778 Å². The van der Waals surface area contributed by atoms with Gasteiger partial charge < -0.3 is 97.8 Å². The molecule has 0 aromatic heterocycles. The van der Waals surface area contributed by atoms with Gasteiger partial charge in [-0.1, -0.05) is 148 Å². The Bertz CT molecular complexity index is 4170. The lowest BCUT2D eigenvalue weighted by molar-refractivity contribution is -0.138. The molecule has 728 valence electrons. The van der Waals surface area contributed by atoms with Crippen LogP contribution in [0, 0.1) is 11.8 Å². The van der Waals surface area contributed by atoms with E-state index in [1.165, 1.54) is 126 Å². The molecule has 3 aromatic rings. The van der Waals surface area contributed by atoms with Gasteiger partial charge in [-0.15, -0.1) is 11.8 Å². The van der Waals surface area contributed by atoms with Crippen LogP contribution in [0.4, 0.5) is 21.9 Å². The van der Waals surface area contributed by atoms with Crippen molar-refractivity contribution in [1.29, 1.82) is 0 Å². The van der Waals surface area contributed by atoms with Crippen LogP contribution in [0.25, 0.3) is 0 Å². The van der Waals surface area contributed by atoms with Gasteiger partial charge in [0.2, 0.25) is 35.4 Å². The molecule has 9 amide bonds. The van der Waals surface area contributed by atoms with E-state index in [2.05, 4.69) is 42.0 Å². The van der Waals surface area contributed by atoms with Gasteiger partial charge in [-0.3, -0.25) is 48.2 Å². The number of unbranched alkanes of at least 4 members (excludes halogenated alkanes) is 4. The maximum Gasteiger partial charge on any atom is 0.416 e. The molecule has 0 radical (unpaired) electrons. The Kier molecular flexibility index (Phi) is 46.7. The Balaban J connectivity index is 0.558. The van der Waals surface area contributed by atoms with Crippen molar-refractivity contribution < 1.29 is 110 Å². The van der Waals surface area contributed by atoms with Crippen LogP contribution in [-0.4, -0.2) is 266 Å². The molecule has 1 unspecified atom stereocenters. The molecule has 0 bridgehead atoms. The van der Waals surface area contributed by atoms with E-state index >= 15 is 0 Å². The number of nitrogens with zero attached hydrogens (tertiary/aromatic N) is 5. The molecule has 32 nitrogen and oxygen atoms in total. The number of benzene rings is 3. The average Bonchev–Trinajstić information content (AvgIpc) is 1.64. The minimum atomic E-state index is -1.53. The van der Waals surface area contributed by atoms with Crippen molar-refractivity contribution in [3.63, 3.8) is 0 Å². The zero-order valence-corrected chi connectivity index (χ0v) is 79.8. The summed E-state index contributed by atoms with van der Waals surface area (Å²) in [6.07, 6.45) is 29.4. The van der Waals surface area contributed by atoms with Gasteiger partial charge in [-0.05, 0) is 120 Å². The molecule has 6 aliphatic rings. The van der Waals surface area contributed by atoms with E-state index in [9.17, 15) is 48.3 Å². The van der Waals surface area contributed by atoms with Crippen molar-refractivity contribution in [3.8, 4) is 23.0 Å². The van der Waals surface area contributed by atoms with E-state index in [1.54, 1.807) is 73.1 Å². The molecule has 0 spiro atoms. The Morgan fingerprint density at radius 2 is 1.12 bits per heavy atom. The third kappa shape index (κ3) is 34.3. The number of aliphatic imine (C=N–C) groups is 1. The zero-order chi connectivity index (χ0) is 93.7. The molecule has 9 rings (SSSR count). The fourth-order valence-corrected chi connectivity index (χ4v) is 18.7. The minimum absolute atomic E-state index is 0.0143. The monoisotopic (exact) mass is 1850 g/mol. The molecule has 1 aliphatic carbocycles. The van der Waals surface area contributed by atoms with Crippen molar-refractivity contribution in [1.82, 2.24) is 30.7 Å². The van der Waals surface area contributed by atoms with Crippen LogP contribution in [0.2, 0.25) is 0 Å². The number of aliphatic hydroxyl groups excluding tert-OH is 1. The van der Waals surface area contributed by atoms with Crippen molar-refractivity contribution in [2.75, 3.05) is 156 Å². The Morgan fingerprint density at radius 3 is 1.69 bits per heavy atom. The van der Waals surface area contributed by atoms with E-state index in [-0.39, 0.29) is 122 Å². The van der Waals surface area contributed by atoms with Gasteiger partial charge in [-0.25, -0.2) is 9.69 Å². The molecule has 5 heterocycles. The SMILES string of the molecule is CCCCCC1=CN2C(=O)c3cc(OC)c(OCCCCCOc4cc5c(cc4OC)C(=O)N4C=C(C)C[C@H]4[C@H](O)N5C(=O)OCc4ccc(NC(=O)[C@H](C)NC(=O)[C@@H](NC(=O)CCOCCOCCOCCOCCOCCOCCOCCOCCNC(=O)CCN5C(=O)CC(SC(CC)(CC)CC6CCCCCCCCCCCC6)C5=O)C(C)C)cc4)cc3N=C[C@@H]2C1. The standard InChI is InChI=1S/C98H147N9O23S/c1-10-13-23-30-74-58-76-65-100-79-61-84(82(118-8)59-77(79)93(113)105(76)67-74)128-39-26-22-27-40-129-85-62-80-78(60-83(85)119-9)94(114)106-66-70(6)57-81(106)95(115)107(80)97(117)130-68-73-31-33-75(34-32-73)102-91(111)71(7)101-92(112)90(69(4)5)103-88(109)36-41-120-43-45-122-47-49-124-51-53-126-55-56-127-54-52-125-50-48-123-46-44-121-42-37-99-87(108)35-38-104-89(110)63-86(96(104)116)131-98(11-2,12-3)64-72-28-24-20-18-16-14-15-17-19-21-25-29-72/h31-34,59-62,65-67,69,71-72,76,81,86,90,95,115H,10-30,35-58,63-64,68H2,1-9H3,(H,99,108)(H,101,112)(H,102,111)(H,103,109)/t71-,76-,81-,86?,90-,95-/m0/s1. The molecule has 1 saturated heterocycles. The number of hydrogen-bond acceptors (Lipinski definition) is 25. The number of aliphatic hydroxyl groups is 1. The normalized spacial score (nSPS) is 18.4. The maximum atomic E-state index is 14.3. The average molecular weight is 1850 g/mol. The van der Waals surface area contributed by atoms with E-state index < -0.39 is 59.3 Å². The quantitative estimate of drug-likeness (QED) is 0.0259. The molecule has 3 aromatic carbocycles. The van der Waals surface area contributed by atoms with Gasteiger partial charge in [0, 0.05) is 73.5 Å². The lowest BCUT2D eigenvalue weighted by Crippen LogP contribution is -2.53. The van der Waals surface area contributed by atoms with Crippen molar-refractivity contribution in [2.45, 2.75) is 269 Å². The first kappa shape index (κ1) is 106. The zero-order valence-electron chi connectivity index (χ0n) is 79.0. The second kappa shape index (κ2) is 57.7. The van der Waals surface area contributed by atoms with Crippen molar-refractivity contribution in [3.05, 3.63) is 88.8 Å². The molecule has 131 heavy (non-hydrogen) atoms. The molecule has 2 fully saturated rings. The van der Waals surface area contributed by atoms with Gasteiger partial charge in [0.25, 0.3) is 11.8 Å². The number of methoxy groups -OCH3 is 2. The number of carbonyl (C=O) groups is 9. The van der Waals surface area contributed by atoms with E-state index in [1.807, 2.05) is 19.3 Å². The summed E-state index contributed by atoms with van der Waals surface area (Å²) in [4.78, 5) is 132. The van der Waals surface area contributed by atoms with Crippen LogP contribution in [0.15, 0.2) is 77.1 Å². The summed E-state index contributed by atoms with van der Waals surface area (Å²) < 4.78 is 74.4. The van der Waals surface area contributed by atoms with Crippen LogP contribution in [0.5, 0.6) is 23.0 Å². The predicted octanol–water partition coefficient (Wildman–Crippen LogP) is 14.1. The number of hydrogen-bond donors (Lipinski definition) is 5. The highest BCUT2D eigenvalue weighted by molar-refractivity contribution is 8.02. The second-order valence-corrected chi connectivity index (χ2v) is 36.5. The first-order chi connectivity index (χ1) is 63.6. The Hall–Kier alpha value is -8.77. The highest BCUT2D eigenvalue weighted by Crippen LogP contribution is 2.47. The number of carbonyl (C=O) groups excluding carboxylic acids is 9. The fourth-order valence-electron chi connectivity index (χ4n) is 16.9. The summed E-state index contributed by atoms with van der Waals surface area (Å²) >= 11 is 1.73.